The number of amides is 1. The maximum Gasteiger partial charge on any atom is 0.244 e. The van der Waals surface area contributed by atoms with Crippen LogP contribution in [0.15, 0.2) is 65.6 Å². The van der Waals surface area contributed by atoms with Crippen molar-refractivity contribution in [2.75, 3.05) is 52.9 Å². The largest absolute Gasteiger partial charge is 0.344 e. The third kappa shape index (κ3) is 6.99. The average Bonchev–Trinajstić information content (AvgIpc) is 2.85. The first kappa shape index (κ1) is 26.1. The zero-order chi connectivity index (χ0) is 24.6. The number of rotatable bonds is 10. The molecule has 1 N–H and O–H groups in total. The van der Waals surface area contributed by atoms with Crippen molar-refractivity contribution in [3.05, 3.63) is 71.8 Å². The van der Waals surface area contributed by atoms with Crippen LogP contribution in [0.25, 0.3) is 6.08 Å². The van der Waals surface area contributed by atoms with Crippen LogP contribution < -0.4 is 5.32 Å². The van der Waals surface area contributed by atoms with E-state index in [2.05, 4.69) is 22.2 Å². The first-order valence-electron chi connectivity index (χ1n) is 11.9. The Kier molecular flexibility index (Phi) is 9.41. The molecule has 1 atom stereocenters. The SMILES string of the molecule is CCN(CC)S(=O)(=O)c1ccc(/C=C/C(=O)NC(CN2CCN(C)CC2)c2ccccc2)cc1. The number of carbonyl (C=O) groups is 1. The second-order valence-corrected chi connectivity index (χ2v) is 10.5. The molecule has 1 aliphatic rings. The normalized spacial score (nSPS) is 16.7. The van der Waals surface area contributed by atoms with E-state index in [1.54, 1.807) is 30.3 Å². The fourth-order valence-corrected chi connectivity index (χ4v) is 5.52. The van der Waals surface area contributed by atoms with Crippen LogP contribution in [0.1, 0.15) is 31.0 Å². The number of piperazine rings is 1. The molecule has 1 heterocycles. The van der Waals surface area contributed by atoms with E-state index in [4.69, 9.17) is 0 Å². The number of nitrogens with one attached hydrogen (secondary N) is 1. The number of carbonyl (C=O) groups excluding carboxylic acids is 1. The molecular weight excluding hydrogens is 448 g/mol. The summed E-state index contributed by atoms with van der Waals surface area (Å²) in [6, 6.07) is 16.5. The minimum absolute atomic E-state index is 0.108. The van der Waals surface area contributed by atoms with E-state index in [0.717, 1.165) is 43.9 Å². The second-order valence-electron chi connectivity index (χ2n) is 8.57. The molecule has 1 aliphatic heterocycles. The number of likely N-dealkylation sites (N-methyl/N-ethyl adjacent to an activating group) is 1. The second kappa shape index (κ2) is 12.3. The molecule has 7 nitrogen and oxygen atoms in total. The van der Waals surface area contributed by atoms with Crippen molar-refractivity contribution < 1.29 is 13.2 Å². The van der Waals surface area contributed by atoms with Crippen molar-refractivity contribution in [3.8, 4) is 0 Å². The third-order valence-corrected chi connectivity index (χ3v) is 8.27. The van der Waals surface area contributed by atoms with Gasteiger partial charge in [0.2, 0.25) is 15.9 Å². The Morgan fingerprint density at radius 3 is 2.21 bits per heavy atom. The van der Waals surface area contributed by atoms with E-state index < -0.39 is 10.0 Å². The molecule has 0 saturated carbocycles. The molecule has 0 aliphatic carbocycles. The summed E-state index contributed by atoms with van der Waals surface area (Å²) in [4.78, 5) is 17.7. The summed E-state index contributed by atoms with van der Waals surface area (Å²) in [7, 11) is -1.36. The molecule has 34 heavy (non-hydrogen) atoms. The summed E-state index contributed by atoms with van der Waals surface area (Å²) in [6.45, 7) is 9.27. The van der Waals surface area contributed by atoms with Crippen LogP contribution in [0.4, 0.5) is 0 Å². The Morgan fingerprint density at radius 1 is 1.00 bits per heavy atom. The molecule has 1 fully saturated rings. The number of nitrogens with zero attached hydrogens (tertiary/aromatic N) is 3. The minimum Gasteiger partial charge on any atom is -0.344 e. The molecule has 0 bridgehead atoms. The van der Waals surface area contributed by atoms with E-state index in [1.165, 1.54) is 10.4 Å². The highest BCUT2D eigenvalue weighted by Gasteiger charge is 2.22. The Labute approximate surface area is 204 Å². The Bertz CT molecular complexity index is 1040. The van der Waals surface area contributed by atoms with Gasteiger partial charge in [-0.3, -0.25) is 9.69 Å². The molecule has 1 unspecified atom stereocenters. The van der Waals surface area contributed by atoms with E-state index in [9.17, 15) is 13.2 Å². The highest BCUT2D eigenvalue weighted by Crippen LogP contribution is 2.18. The van der Waals surface area contributed by atoms with Crippen LogP contribution in [-0.2, 0) is 14.8 Å². The predicted molar refractivity (Wildman–Crippen MR) is 137 cm³/mol. The van der Waals surface area contributed by atoms with Crippen LogP contribution in [0.2, 0.25) is 0 Å². The summed E-state index contributed by atoms with van der Waals surface area (Å²) >= 11 is 0. The molecular formula is C26H36N4O3S. The van der Waals surface area contributed by atoms with Crippen LogP contribution in [0.5, 0.6) is 0 Å². The third-order valence-electron chi connectivity index (χ3n) is 6.21. The first-order chi connectivity index (χ1) is 16.3. The summed E-state index contributed by atoms with van der Waals surface area (Å²) in [5, 5.41) is 3.14. The maximum absolute atomic E-state index is 12.8. The van der Waals surface area contributed by atoms with E-state index in [0.29, 0.717) is 13.1 Å². The highest BCUT2D eigenvalue weighted by molar-refractivity contribution is 7.89. The molecule has 184 valence electrons. The lowest BCUT2D eigenvalue weighted by molar-refractivity contribution is -0.117. The summed E-state index contributed by atoms with van der Waals surface area (Å²) < 4.78 is 26.7. The average molecular weight is 485 g/mol. The number of benzene rings is 2. The van der Waals surface area contributed by atoms with Gasteiger partial charge >= 0.3 is 0 Å². The smallest absolute Gasteiger partial charge is 0.244 e. The Hall–Kier alpha value is -2.52. The molecule has 0 radical (unpaired) electrons. The van der Waals surface area contributed by atoms with Gasteiger partial charge in [0.05, 0.1) is 10.9 Å². The van der Waals surface area contributed by atoms with Crippen LogP contribution in [0, 0.1) is 0 Å². The summed E-state index contributed by atoms with van der Waals surface area (Å²) in [5.41, 5.74) is 1.85. The fraction of sp³-hybridized carbons (Fsp3) is 0.423. The van der Waals surface area contributed by atoms with Crippen LogP contribution >= 0.6 is 0 Å². The highest BCUT2D eigenvalue weighted by atomic mass is 32.2. The molecule has 0 spiro atoms. The molecule has 3 rings (SSSR count). The molecule has 0 aromatic heterocycles. The van der Waals surface area contributed by atoms with E-state index in [1.807, 2.05) is 44.2 Å². The molecule has 2 aromatic carbocycles. The van der Waals surface area contributed by atoms with Crippen LogP contribution in [0.3, 0.4) is 0 Å². The van der Waals surface area contributed by atoms with Gasteiger partial charge in [0.15, 0.2) is 0 Å². The fourth-order valence-electron chi connectivity index (χ4n) is 4.06. The lowest BCUT2D eigenvalue weighted by Gasteiger charge is -2.34. The van der Waals surface area contributed by atoms with Gasteiger partial charge in [0.1, 0.15) is 0 Å². The lowest BCUT2D eigenvalue weighted by Crippen LogP contribution is -2.47. The number of hydrogen-bond acceptors (Lipinski definition) is 5. The maximum atomic E-state index is 12.8. The van der Waals surface area contributed by atoms with Gasteiger partial charge < -0.3 is 10.2 Å². The number of sulfonamides is 1. The quantitative estimate of drug-likeness (QED) is 0.525. The van der Waals surface area contributed by atoms with Gasteiger partial charge in [-0.05, 0) is 36.4 Å². The molecule has 8 heteroatoms. The number of hydrogen-bond donors (Lipinski definition) is 1. The molecule has 2 aromatic rings. The van der Waals surface area contributed by atoms with Gasteiger partial charge in [0, 0.05) is 51.9 Å². The van der Waals surface area contributed by atoms with Gasteiger partial charge in [0.25, 0.3) is 0 Å². The van der Waals surface area contributed by atoms with Gasteiger partial charge in [-0.1, -0.05) is 56.3 Å². The monoisotopic (exact) mass is 484 g/mol. The molecule has 1 amide bonds. The Balaban J connectivity index is 1.66. The standard InChI is InChI=1S/C26H36N4O3S/c1-4-30(5-2)34(32,33)24-14-11-22(12-15-24)13-16-26(31)27-25(23-9-7-6-8-10-23)21-29-19-17-28(3)18-20-29/h6-16,25H,4-5,17-21H2,1-3H3,(H,27,31)/b16-13+. The van der Waals surface area contributed by atoms with Crippen LogP contribution in [-0.4, -0.2) is 81.3 Å². The predicted octanol–water partition coefficient (Wildman–Crippen LogP) is 2.84. The van der Waals surface area contributed by atoms with Crippen molar-refractivity contribution in [3.63, 3.8) is 0 Å². The zero-order valence-electron chi connectivity index (χ0n) is 20.4. The van der Waals surface area contributed by atoms with Crippen molar-refractivity contribution in [2.45, 2.75) is 24.8 Å². The summed E-state index contributed by atoms with van der Waals surface area (Å²) in [6.07, 6.45) is 3.22. The Morgan fingerprint density at radius 2 is 1.62 bits per heavy atom. The van der Waals surface area contributed by atoms with E-state index >= 15 is 0 Å². The van der Waals surface area contributed by atoms with Gasteiger partial charge in [-0.15, -0.1) is 0 Å². The van der Waals surface area contributed by atoms with Crippen molar-refractivity contribution in [1.82, 2.24) is 19.4 Å². The zero-order valence-corrected chi connectivity index (χ0v) is 21.2. The van der Waals surface area contributed by atoms with Gasteiger partial charge in [-0.25, -0.2) is 8.42 Å². The van der Waals surface area contributed by atoms with Gasteiger partial charge in [-0.2, -0.15) is 4.31 Å². The first-order valence-corrected chi connectivity index (χ1v) is 13.3. The topological polar surface area (TPSA) is 73.0 Å². The van der Waals surface area contributed by atoms with Crippen molar-refractivity contribution in [1.29, 1.82) is 0 Å². The minimum atomic E-state index is -3.49. The molecule has 1 saturated heterocycles. The van der Waals surface area contributed by atoms with Crippen molar-refractivity contribution >= 4 is 22.0 Å². The lowest BCUT2D eigenvalue weighted by atomic mass is 10.1. The van der Waals surface area contributed by atoms with E-state index in [-0.39, 0.29) is 16.8 Å². The van der Waals surface area contributed by atoms with Crippen molar-refractivity contribution in [2.24, 2.45) is 0 Å². The summed E-state index contributed by atoms with van der Waals surface area (Å²) in [5.74, 6) is -0.178.